The van der Waals surface area contributed by atoms with E-state index in [1.54, 1.807) is 18.2 Å². The molecule has 0 spiro atoms. The summed E-state index contributed by atoms with van der Waals surface area (Å²) in [6.45, 7) is 0.942. The minimum absolute atomic E-state index is 0.0776. The van der Waals surface area contributed by atoms with Crippen molar-refractivity contribution in [3.8, 4) is 5.75 Å². The maximum atomic E-state index is 10.3. The molecular weight excluding hydrogens is 309 g/mol. The Morgan fingerprint density at radius 3 is 2.90 bits per heavy atom. The number of benzene rings is 2. The molecule has 5 heteroatoms. The molecule has 2 aromatic rings. The quantitative estimate of drug-likeness (QED) is 0.900. The van der Waals surface area contributed by atoms with E-state index in [4.69, 9.17) is 27.9 Å². The van der Waals surface area contributed by atoms with Crippen molar-refractivity contribution in [1.82, 2.24) is 5.32 Å². The Balaban J connectivity index is 1.67. The Kier molecular flexibility index (Phi) is 4.36. The number of halogens is 2. The molecule has 3 rings (SSSR count). The fourth-order valence-electron chi connectivity index (χ4n) is 2.47. The van der Waals surface area contributed by atoms with Gasteiger partial charge in [0.2, 0.25) is 0 Å². The predicted molar refractivity (Wildman–Crippen MR) is 84.1 cm³/mol. The molecule has 2 atom stereocenters. The van der Waals surface area contributed by atoms with Crippen LogP contribution in [-0.4, -0.2) is 18.3 Å². The highest BCUT2D eigenvalue weighted by atomic mass is 35.5. The zero-order chi connectivity index (χ0) is 14.8. The Labute approximate surface area is 133 Å². The van der Waals surface area contributed by atoms with Gasteiger partial charge in [0.1, 0.15) is 12.4 Å². The summed E-state index contributed by atoms with van der Waals surface area (Å²) in [6.07, 6.45) is -0.719. The summed E-state index contributed by atoms with van der Waals surface area (Å²) in [6, 6.07) is 13.1. The number of hydrogen-bond acceptors (Lipinski definition) is 3. The highest BCUT2D eigenvalue weighted by molar-refractivity contribution is 6.33. The van der Waals surface area contributed by atoms with Crippen LogP contribution in [0.15, 0.2) is 42.5 Å². The van der Waals surface area contributed by atoms with Gasteiger partial charge in [0.05, 0.1) is 12.1 Å². The number of aliphatic hydroxyl groups excluding tert-OH is 1. The number of aliphatic hydroxyl groups is 1. The SMILES string of the molecule is OC(CNC1COc2ccccc21)c1cc(Cl)ccc1Cl. The summed E-state index contributed by atoms with van der Waals surface area (Å²) < 4.78 is 5.60. The predicted octanol–water partition coefficient (Wildman–Crippen LogP) is 3.75. The third-order valence-corrected chi connectivity index (χ3v) is 4.15. The van der Waals surface area contributed by atoms with E-state index in [2.05, 4.69) is 5.32 Å². The number of hydrogen-bond donors (Lipinski definition) is 2. The first-order valence-corrected chi connectivity index (χ1v) is 7.49. The topological polar surface area (TPSA) is 41.5 Å². The van der Waals surface area contributed by atoms with E-state index < -0.39 is 6.10 Å². The molecule has 1 aliphatic rings. The lowest BCUT2D eigenvalue weighted by molar-refractivity contribution is 0.166. The molecule has 0 aliphatic carbocycles. The van der Waals surface area contributed by atoms with Crippen molar-refractivity contribution in [2.24, 2.45) is 0 Å². The summed E-state index contributed by atoms with van der Waals surface area (Å²) >= 11 is 12.0. The minimum atomic E-state index is -0.719. The molecule has 2 aromatic carbocycles. The van der Waals surface area contributed by atoms with Gasteiger partial charge in [0.15, 0.2) is 0 Å². The maximum Gasteiger partial charge on any atom is 0.124 e. The van der Waals surface area contributed by atoms with Crippen LogP contribution in [0.1, 0.15) is 23.3 Å². The number of ether oxygens (including phenoxy) is 1. The summed E-state index contributed by atoms with van der Waals surface area (Å²) in [7, 11) is 0. The second-order valence-electron chi connectivity index (χ2n) is 4.99. The minimum Gasteiger partial charge on any atom is -0.491 e. The normalized spacial score (nSPS) is 18.1. The maximum absolute atomic E-state index is 10.3. The highest BCUT2D eigenvalue weighted by Crippen LogP contribution is 2.32. The molecule has 2 unspecified atom stereocenters. The van der Waals surface area contributed by atoms with Crippen LogP contribution in [0.4, 0.5) is 0 Å². The molecule has 2 N–H and O–H groups in total. The average molecular weight is 324 g/mol. The van der Waals surface area contributed by atoms with Gasteiger partial charge in [-0.2, -0.15) is 0 Å². The second-order valence-corrected chi connectivity index (χ2v) is 5.83. The molecule has 1 aliphatic heterocycles. The van der Waals surface area contributed by atoms with Gasteiger partial charge in [0, 0.05) is 27.7 Å². The Morgan fingerprint density at radius 2 is 2.05 bits per heavy atom. The van der Waals surface area contributed by atoms with Crippen LogP contribution in [0.2, 0.25) is 10.0 Å². The number of para-hydroxylation sites is 1. The number of rotatable bonds is 4. The zero-order valence-corrected chi connectivity index (χ0v) is 12.7. The van der Waals surface area contributed by atoms with Gasteiger partial charge in [-0.05, 0) is 24.3 Å². The van der Waals surface area contributed by atoms with E-state index in [-0.39, 0.29) is 6.04 Å². The van der Waals surface area contributed by atoms with Crippen LogP contribution < -0.4 is 10.1 Å². The molecule has 1 heterocycles. The van der Waals surface area contributed by atoms with E-state index in [9.17, 15) is 5.11 Å². The van der Waals surface area contributed by atoms with Gasteiger partial charge in [-0.1, -0.05) is 41.4 Å². The van der Waals surface area contributed by atoms with Crippen LogP contribution in [0.5, 0.6) is 5.75 Å². The van der Waals surface area contributed by atoms with Crippen molar-refractivity contribution in [1.29, 1.82) is 0 Å². The van der Waals surface area contributed by atoms with E-state index in [0.717, 1.165) is 11.3 Å². The first-order chi connectivity index (χ1) is 10.1. The smallest absolute Gasteiger partial charge is 0.124 e. The van der Waals surface area contributed by atoms with Crippen molar-refractivity contribution in [2.75, 3.05) is 13.2 Å². The molecule has 3 nitrogen and oxygen atoms in total. The molecule has 0 amide bonds. The highest BCUT2D eigenvalue weighted by Gasteiger charge is 2.24. The van der Waals surface area contributed by atoms with Gasteiger partial charge in [0.25, 0.3) is 0 Å². The van der Waals surface area contributed by atoms with Crippen molar-refractivity contribution in [3.05, 3.63) is 63.6 Å². The monoisotopic (exact) mass is 323 g/mol. The van der Waals surface area contributed by atoms with E-state index in [0.29, 0.717) is 28.8 Å². The van der Waals surface area contributed by atoms with Crippen molar-refractivity contribution < 1.29 is 9.84 Å². The van der Waals surface area contributed by atoms with Crippen LogP contribution in [0, 0.1) is 0 Å². The molecule has 0 bridgehead atoms. The van der Waals surface area contributed by atoms with Crippen LogP contribution >= 0.6 is 23.2 Å². The molecule has 21 heavy (non-hydrogen) atoms. The lowest BCUT2D eigenvalue weighted by Crippen LogP contribution is -2.27. The summed E-state index contributed by atoms with van der Waals surface area (Å²) in [5.74, 6) is 0.894. The molecule has 110 valence electrons. The van der Waals surface area contributed by atoms with Crippen molar-refractivity contribution in [2.45, 2.75) is 12.1 Å². The van der Waals surface area contributed by atoms with E-state index >= 15 is 0 Å². The fourth-order valence-corrected chi connectivity index (χ4v) is 2.89. The largest absolute Gasteiger partial charge is 0.491 e. The summed E-state index contributed by atoms with van der Waals surface area (Å²) in [4.78, 5) is 0. The number of fused-ring (bicyclic) bond motifs is 1. The molecule has 0 aromatic heterocycles. The molecule has 0 saturated heterocycles. The lowest BCUT2D eigenvalue weighted by atomic mass is 10.1. The molecule has 0 radical (unpaired) electrons. The lowest BCUT2D eigenvalue weighted by Gasteiger charge is -2.17. The van der Waals surface area contributed by atoms with Gasteiger partial charge < -0.3 is 15.2 Å². The van der Waals surface area contributed by atoms with Gasteiger partial charge in [-0.15, -0.1) is 0 Å². The Bertz CT molecular complexity index is 648. The van der Waals surface area contributed by atoms with Gasteiger partial charge >= 0.3 is 0 Å². The van der Waals surface area contributed by atoms with Crippen LogP contribution in [0.3, 0.4) is 0 Å². The number of nitrogens with one attached hydrogen (secondary N) is 1. The summed E-state index contributed by atoms with van der Waals surface area (Å²) in [5, 5.41) is 14.7. The molecular formula is C16H15Cl2NO2. The van der Waals surface area contributed by atoms with E-state index in [1.165, 1.54) is 0 Å². The average Bonchev–Trinajstić information content (AvgIpc) is 2.90. The van der Waals surface area contributed by atoms with Crippen LogP contribution in [-0.2, 0) is 0 Å². The Morgan fingerprint density at radius 1 is 1.24 bits per heavy atom. The van der Waals surface area contributed by atoms with E-state index in [1.807, 2.05) is 24.3 Å². The third-order valence-electron chi connectivity index (χ3n) is 3.57. The Hall–Kier alpha value is -1.26. The molecule has 0 saturated carbocycles. The van der Waals surface area contributed by atoms with Crippen molar-refractivity contribution in [3.63, 3.8) is 0 Å². The van der Waals surface area contributed by atoms with Crippen LogP contribution in [0.25, 0.3) is 0 Å². The first-order valence-electron chi connectivity index (χ1n) is 6.73. The fraction of sp³-hybridized carbons (Fsp3) is 0.250. The standard InChI is InChI=1S/C16H15Cl2NO2/c17-10-5-6-13(18)12(7-10)15(20)8-19-14-9-21-16-4-2-1-3-11(14)16/h1-7,14-15,19-20H,8-9H2. The zero-order valence-electron chi connectivity index (χ0n) is 11.2. The molecule has 0 fully saturated rings. The van der Waals surface area contributed by atoms with Crippen molar-refractivity contribution >= 4 is 23.2 Å². The van der Waals surface area contributed by atoms with Gasteiger partial charge in [-0.3, -0.25) is 0 Å². The summed E-state index contributed by atoms with van der Waals surface area (Å²) in [5.41, 5.74) is 1.74. The second kappa shape index (κ2) is 6.24. The third kappa shape index (κ3) is 3.16. The van der Waals surface area contributed by atoms with Gasteiger partial charge in [-0.25, -0.2) is 0 Å². The first kappa shape index (κ1) is 14.7.